The third-order valence-corrected chi connectivity index (χ3v) is 11.3. The first kappa shape index (κ1) is 18.2. The van der Waals surface area contributed by atoms with Gasteiger partial charge in [-0.25, -0.2) is 0 Å². The van der Waals surface area contributed by atoms with Crippen molar-refractivity contribution in [3.63, 3.8) is 0 Å². The van der Waals surface area contributed by atoms with Gasteiger partial charge in [-0.3, -0.25) is 0 Å². The summed E-state index contributed by atoms with van der Waals surface area (Å²) in [6, 6.07) is 20.4. The van der Waals surface area contributed by atoms with Gasteiger partial charge in [-0.05, 0) is 0 Å². The van der Waals surface area contributed by atoms with Crippen LogP contribution in [0.3, 0.4) is 0 Å². The van der Waals surface area contributed by atoms with E-state index in [0.29, 0.717) is 6.16 Å². The van der Waals surface area contributed by atoms with E-state index in [-0.39, 0.29) is 5.97 Å². The molecule has 0 aliphatic heterocycles. The van der Waals surface area contributed by atoms with Gasteiger partial charge in [0.2, 0.25) is 0 Å². The molecule has 0 unspecified atom stereocenters. The topological polar surface area (TPSA) is 26.3 Å². The fourth-order valence-electron chi connectivity index (χ4n) is 2.64. The maximum atomic E-state index is 12.6. The second-order valence-electron chi connectivity index (χ2n) is 7.06. The number of carbonyl (C=O) groups excluding carboxylic acids is 1. The SMILES string of the molecule is CC(C)(C)OC(=O)CP(C)(Br)(c1ccccc1)c1ccccc1. The van der Waals surface area contributed by atoms with Crippen molar-refractivity contribution in [1.29, 1.82) is 0 Å². The Hall–Kier alpha value is -1.18. The summed E-state index contributed by atoms with van der Waals surface area (Å²) in [5, 5.41) is -0.525. The summed E-state index contributed by atoms with van der Waals surface area (Å²) in [6.07, 6.45) is 0.330. The monoisotopic (exact) mass is 394 g/mol. The van der Waals surface area contributed by atoms with Gasteiger partial charge in [-0.2, -0.15) is 0 Å². The fraction of sp³-hybridized carbons (Fsp3) is 0.316. The van der Waals surface area contributed by atoms with Crippen LogP contribution in [0.15, 0.2) is 60.7 Å². The molecule has 0 spiro atoms. The van der Waals surface area contributed by atoms with Crippen LogP contribution in [-0.4, -0.2) is 24.4 Å². The van der Waals surface area contributed by atoms with Crippen molar-refractivity contribution in [3.8, 4) is 0 Å². The number of esters is 1. The number of ether oxygens (including phenoxy) is 1. The maximum absolute atomic E-state index is 12.6. The van der Waals surface area contributed by atoms with Crippen LogP contribution in [0.1, 0.15) is 20.8 Å². The molecule has 0 fully saturated rings. The second-order valence-corrected chi connectivity index (χ2v) is 17.5. The van der Waals surface area contributed by atoms with Crippen LogP contribution in [0.25, 0.3) is 0 Å². The van der Waals surface area contributed by atoms with E-state index in [2.05, 4.69) is 46.4 Å². The van der Waals surface area contributed by atoms with Crippen LogP contribution >= 0.6 is 20.8 Å². The molecule has 0 radical (unpaired) electrons. The Bertz CT molecular complexity index is 632. The van der Waals surface area contributed by atoms with Crippen molar-refractivity contribution >= 4 is 37.4 Å². The fourth-order valence-corrected chi connectivity index (χ4v) is 7.90. The van der Waals surface area contributed by atoms with Gasteiger partial charge < -0.3 is 0 Å². The van der Waals surface area contributed by atoms with Gasteiger partial charge in [-0.1, -0.05) is 0 Å². The van der Waals surface area contributed by atoms with E-state index in [1.54, 1.807) is 0 Å². The van der Waals surface area contributed by atoms with Gasteiger partial charge in [0.15, 0.2) is 0 Å². The van der Waals surface area contributed by atoms with Crippen LogP contribution in [0.4, 0.5) is 0 Å². The van der Waals surface area contributed by atoms with E-state index >= 15 is 0 Å². The average Bonchev–Trinajstić information content (AvgIpc) is 2.47. The van der Waals surface area contributed by atoms with Gasteiger partial charge in [0.25, 0.3) is 0 Å². The van der Waals surface area contributed by atoms with Crippen LogP contribution in [-0.2, 0) is 9.53 Å². The molecular weight excluding hydrogens is 371 g/mol. The average molecular weight is 395 g/mol. The normalized spacial score (nSPS) is 13.9. The van der Waals surface area contributed by atoms with Gasteiger partial charge in [0, 0.05) is 0 Å². The number of halogens is 1. The van der Waals surface area contributed by atoms with E-state index < -0.39 is 10.9 Å². The van der Waals surface area contributed by atoms with E-state index in [9.17, 15) is 4.79 Å². The Morgan fingerprint density at radius 1 is 0.957 bits per heavy atom. The molecule has 2 nitrogen and oxygen atoms in total. The molecule has 4 heteroatoms. The molecule has 23 heavy (non-hydrogen) atoms. The van der Waals surface area contributed by atoms with Crippen LogP contribution in [0.2, 0.25) is 0 Å². The minimum absolute atomic E-state index is 0.178. The standard InChI is InChI=1S/C19H24BrO2P/c1-19(2,3)22-18(21)15-23(4,20,16-11-7-5-8-12-16)17-13-9-6-10-14-17/h5-14H,15H2,1-4H3. The van der Waals surface area contributed by atoms with Crippen molar-refractivity contribution in [2.24, 2.45) is 0 Å². The summed E-state index contributed by atoms with van der Waals surface area (Å²) in [7, 11) is 0. The summed E-state index contributed by atoms with van der Waals surface area (Å²) < 4.78 is 5.61. The molecule has 0 aliphatic rings. The molecule has 0 aliphatic carbocycles. The summed E-state index contributed by atoms with van der Waals surface area (Å²) >= 11 is 4.04. The van der Waals surface area contributed by atoms with E-state index in [1.165, 1.54) is 0 Å². The Morgan fingerprint density at radius 3 is 1.70 bits per heavy atom. The molecule has 0 saturated carbocycles. The first-order valence-corrected chi connectivity index (χ1v) is 12.6. The summed E-state index contributed by atoms with van der Waals surface area (Å²) in [4.78, 5) is 12.6. The molecule has 124 valence electrons. The molecule has 0 N–H and O–H groups in total. The second kappa shape index (κ2) is 6.37. The number of hydrogen-bond acceptors (Lipinski definition) is 2. The molecule has 2 aromatic carbocycles. The van der Waals surface area contributed by atoms with Crippen LogP contribution in [0.5, 0.6) is 0 Å². The first-order chi connectivity index (χ1) is 10.6. The Kier molecular flexibility index (Phi) is 5.03. The quantitative estimate of drug-likeness (QED) is 0.564. The van der Waals surface area contributed by atoms with E-state index in [4.69, 9.17) is 4.74 Å². The molecule has 0 bridgehead atoms. The molecule has 0 amide bonds. The number of benzene rings is 2. The zero-order valence-electron chi connectivity index (χ0n) is 14.1. The molecule has 2 rings (SSSR count). The van der Waals surface area contributed by atoms with Crippen LogP contribution < -0.4 is 10.6 Å². The predicted octanol–water partition coefficient (Wildman–Crippen LogP) is 4.47. The molecule has 0 aromatic heterocycles. The summed E-state index contributed by atoms with van der Waals surface area (Å²) in [5.41, 5.74) is -0.484. The third kappa shape index (κ3) is 4.22. The predicted molar refractivity (Wildman–Crippen MR) is 105 cm³/mol. The summed E-state index contributed by atoms with van der Waals surface area (Å²) in [5.74, 6) is -0.178. The van der Waals surface area contributed by atoms with E-state index in [1.807, 2.05) is 57.2 Å². The van der Waals surface area contributed by atoms with Gasteiger partial charge in [0.05, 0.1) is 0 Å². The molecule has 0 heterocycles. The van der Waals surface area contributed by atoms with Crippen molar-refractivity contribution in [2.75, 3.05) is 12.8 Å². The number of rotatable bonds is 4. The van der Waals surface area contributed by atoms with E-state index in [0.717, 1.165) is 10.6 Å². The Labute approximate surface area is 146 Å². The first-order valence-electron chi connectivity index (χ1n) is 7.67. The Morgan fingerprint density at radius 2 is 1.35 bits per heavy atom. The Balaban J connectivity index is 2.51. The van der Waals surface area contributed by atoms with Crippen LogP contribution in [0, 0.1) is 0 Å². The van der Waals surface area contributed by atoms with Crippen molar-refractivity contribution < 1.29 is 9.53 Å². The molecule has 0 saturated heterocycles. The van der Waals surface area contributed by atoms with Crippen molar-refractivity contribution in [3.05, 3.63) is 60.7 Å². The number of hydrogen-bond donors (Lipinski definition) is 0. The zero-order chi connectivity index (χ0) is 17.2. The molecule has 0 atom stereocenters. The minimum atomic E-state index is -2.82. The molecular formula is C19H24BrO2P. The van der Waals surface area contributed by atoms with Gasteiger partial charge >= 0.3 is 147 Å². The third-order valence-electron chi connectivity index (χ3n) is 3.77. The number of carbonyl (C=O) groups is 1. The zero-order valence-corrected chi connectivity index (χ0v) is 16.6. The van der Waals surface area contributed by atoms with Gasteiger partial charge in [0.1, 0.15) is 0 Å². The van der Waals surface area contributed by atoms with Crippen molar-refractivity contribution in [2.45, 2.75) is 26.4 Å². The summed E-state index contributed by atoms with van der Waals surface area (Å²) in [6.45, 7) is 7.86. The molecule has 2 aromatic rings. The van der Waals surface area contributed by atoms with Gasteiger partial charge in [-0.15, -0.1) is 0 Å². The van der Waals surface area contributed by atoms with Crippen molar-refractivity contribution in [1.82, 2.24) is 0 Å².